The van der Waals surface area contributed by atoms with Crippen LogP contribution < -0.4 is 0 Å². The molecule has 2 atom stereocenters. The Labute approximate surface area is 105 Å². The van der Waals surface area contributed by atoms with Crippen LogP contribution in [0, 0.1) is 5.92 Å². The van der Waals surface area contributed by atoms with Crippen molar-refractivity contribution in [2.24, 2.45) is 5.92 Å². The van der Waals surface area contributed by atoms with Gasteiger partial charge in [-0.25, -0.2) is 4.79 Å². The fraction of sp³-hybridized carbons (Fsp3) is 0.462. The van der Waals surface area contributed by atoms with E-state index in [2.05, 4.69) is 0 Å². The lowest BCUT2D eigenvalue weighted by Gasteiger charge is -2.15. The molecule has 98 valence electrons. The molecule has 1 saturated heterocycles. The molecule has 1 fully saturated rings. The zero-order valence-electron chi connectivity index (χ0n) is 9.99. The minimum absolute atomic E-state index is 0.0210. The average Bonchev–Trinajstić information content (AvgIpc) is 2.69. The van der Waals surface area contributed by atoms with Crippen molar-refractivity contribution in [3.8, 4) is 0 Å². The topological polar surface area (TPSA) is 81.0 Å². The van der Waals surface area contributed by atoms with Crippen molar-refractivity contribution < 1.29 is 20.1 Å². The first-order valence-electron chi connectivity index (χ1n) is 5.93. The quantitative estimate of drug-likeness (QED) is 0.710. The Morgan fingerprint density at radius 3 is 2.78 bits per heavy atom. The molecule has 0 bridgehead atoms. The molecule has 1 aliphatic heterocycles. The summed E-state index contributed by atoms with van der Waals surface area (Å²) in [6.45, 7) is 1.72. The number of β-amino-alcohol motifs (C(OH)–C–C–N with tert-alkyl or cyclic N) is 1. The number of likely N-dealkylation sites (tertiary alicyclic amines) is 1. The average molecular weight is 251 g/mol. The van der Waals surface area contributed by atoms with Crippen LogP contribution in [0.25, 0.3) is 0 Å². The van der Waals surface area contributed by atoms with Crippen LogP contribution in [0.1, 0.15) is 15.9 Å². The van der Waals surface area contributed by atoms with Gasteiger partial charge in [-0.1, -0.05) is 12.1 Å². The molecule has 0 aliphatic carbocycles. The summed E-state index contributed by atoms with van der Waals surface area (Å²) in [7, 11) is 0. The maximum Gasteiger partial charge on any atom is 0.335 e. The number of hydrogen-bond acceptors (Lipinski definition) is 4. The van der Waals surface area contributed by atoms with Crippen LogP contribution in [0.15, 0.2) is 24.3 Å². The molecule has 0 saturated carbocycles. The molecule has 3 N–H and O–H groups in total. The Hall–Kier alpha value is -1.43. The number of aromatic carboxylic acids is 1. The van der Waals surface area contributed by atoms with Crippen LogP contribution >= 0.6 is 0 Å². The highest BCUT2D eigenvalue weighted by molar-refractivity contribution is 5.87. The predicted molar refractivity (Wildman–Crippen MR) is 65.3 cm³/mol. The zero-order valence-corrected chi connectivity index (χ0v) is 9.99. The molecule has 1 aliphatic rings. The molecular formula is C13H17NO4. The molecule has 18 heavy (non-hydrogen) atoms. The van der Waals surface area contributed by atoms with E-state index in [1.165, 1.54) is 0 Å². The highest BCUT2D eigenvalue weighted by atomic mass is 16.4. The summed E-state index contributed by atoms with van der Waals surface area (Å²) in [6.07, 6.45) is -0.502. The van der Waals surface area contributed by atoms with Gasteiger partial charge in [0.25, 0.3) is 0 Å². The molecule has 0 aromatic heterocycles. The second kappa shape index (κ2) is 5.48. The van der Waals surface area contributed by atoms with E-state index in [0.29, 0.717) is 19.6 Å². The van der Waals surface area contributed by atoms with Gasteiger partial charge in [0, 0.05) is 32.2 Å². The summed E-state index contributed by atoms with van der Waals surface area (Å²) >= 11 is 0. The van der Waals surface area contributed by atoms with Gasteiger partial charge in [-0.3, -0.25) is 4.90 Å². The van der Waals surface area contributed by atoms with Crippen molar-refractivity contribution in [3.63, 3.8) is 0 Å². The van der Waals surface area contributed by atoms with Gasteiger partial charge in [-0.15, -0.1) is 0 Å². The lowest BCUT2D eigenvalue weighted by atomic mass is 10.1. The van der Waals surface area contributed by atoms with Crippen molar-refractivity contribution in [1.29, 1.82) is 0 Å². The number of nitrogens with zero attached hydrogens (tertiary/aromatic N) is 1. The minimum atomic E-state index is -0.938. The first-order chi connectivity index (χ1) is 8.60. The van der Waals surface area contributed by atoms with E-state index in [1.54, 1.807) is 18.2 Å². The third kappa shape index (κ3) is 2.87. The van der Waals surface area contributed by atoms with Crippen molar-refractivity contribution in [2.75, 3.05) is 19.7 Å². The molecule has 5 nitrogen and oxygen atoms in total. The maximum absolute atomic E-state index is 10.9. The van der Waals surface area contributed by atoms with Crippen LogP contribution in [-0.2, 0) is 6.54 Å². The van der Waals surface area contributed by atoms with Gasteiger partial charge in [-0.2, -0.15) is 0 Å². The predicted octanol–water partition coefficient (Wildman–Crippen LogP) is 0.170. The fourth-order valence-corrected chi connectivity index (χ4v) is 2.31. The number of rotatable bonds is 4. The summed E-state index contributed by atoms with van der Waals surface area (Å²) in [5, 5.41) is 27.7. The van der Waals surface area contributed by atoms with Crippen LogP contribution in [0.3, 0.4) is 0 Å². The van der Waals surface area contributed by atoms with Crippen molar-refractivity contribution in [1.82, 2.24) is 4.90 Å². The van der Waals surface area contributed by atoms with E-state index < -0.39 is 12.1 Å². The highest BCUT2D eigenvalue weighted by Crippen LogP contribution is 2.19. The summed E-state index contributed by atoms with van der Waals surface area (Å²) in [6, 6.07) is 6.78. The standard InChI is InChI=1S/C13H17NO4/c15-8-11-6-14(7-12(11)16)5-9-2-1-3-10(4-9)13(17)18/h1-4,11-12,15-16H,5-8H2,(H,17,18). The Bertz CT molecular complexity index is 435. The second-order valence-corrected chi connectivity index (χ2v) is 4.71. The SMILES string of the molecule is O=C(O)c1cccc(CN2CC(O)C(CO)C2)c1. The molecule has 1 aromatic carbocycles. The van der Waals surface area contributed by atoms with Crippen LogP contribution in [-0.4, -0.2) is 52.0 Å². The van der Waals surface area contributed by atoms with Gasteiger partial charge in [0.15, 0.2) is 0 Å². The first kappa shape index (κ1) is 13.0. The molecular weight excluding hydrogens is 234 g/mol. The Balaban J connectivity index is 2.02. The van der Waals surface area contributed by atoms with Crippen molar-refractivity contribution >= 4 is 5.97 Å². The van der Waals surface area contributed by atoms with Gasteiger partial charge in [0.05, 0.1) is 11.7 Å². The van der Waals surface area contributed by atoms with Crippen LogP contribution in [0.4, 0.5) is 0 Å². The molecule has 2 rings (SSSR count). The lowest BCUT2D eigenvalue weighted by molar-refractivity contribution is 0.0696. The molecule has 0 radical (unpaired) electrons. The normalized spacial score (nSPS) is 24.3. The van der Waals surface area contributed by atoms with E-state index in [0.717, 1.165) is 5.56 Å². The number of carbonyl (C=O) groups is 1. The highest BCUT2D eigenvalue weighted by Gasteiger charge is 2.30. The van der Waals surface area contributed by atoms with E-state index in [9.17, 15) is 9.90 Å². The van der Waals surface area contributed by atoms with E-state index in [4.69, 9.17) is 10.2 Å². The van der Waals surface area contributed by atoms with Gasteiger partial charge < -0.3 is 15.3 Å². The maximum atomic E-state index is 10.9. The number of aliphatic hydroxyl groups is 2. The second-order valence-electron chi connectivity index (χ2n) is 4.71. The van der Waals surface area contributed by atoms with E-state index >= 15 is 0 Å². The van der Waals surface area contributed by atoms with Gasteiger partial charge in [-0.05, 0) is 17.7 Å². The van der Waals surface area contributed by atoms with E-state index in [-0.39, 0.29) is 18.1 Å². The number of carboxylic acid groups (broad SMARTS) is 1. The summed E-state index contributed by atoms with van der Waals surface area (Å²) in [5.74, 6) is -1.04. The van der Waals surface area contributed by atoms with Crippen molar-refractivity contribution in [2.45, 2.75) is 12.6 Å². The largest absolute Gasteiger partial charge is 0.478 e. The third-order valence-electron chi connectivity index (χ3n) is 3.30. The molecule has 1 heterocycles. The molecule has 5 heteroatoms. The summed E-state index contributed by atoms with van der Waals surface area (Å²) in [4.78, 5) is 12.9. The number of hydrogen-bond donors (Lipinski definition) is 3. The number of aliphatic hydroxyl groups excluding tert-OH is 2. The monoisotopic (exact) mass is 251 g/mol. The van der Waals surface area contributed by atoms with Gasteiger partial charge >= 0.3 is 5.97 Å². The molecule has 1 aromatic rings. The summed E-state index contributed by atoms with van der Waals surface area (Å²) in [5.41, 5.74) is 1.17. The van der Waals surface area contributed by atoms with Gasteiger partial charge in [0.2, 0.25) is 0 Å². The lowest BCUT2D eigenvalue weighted by Crippen LogP contribution is -2.21. The Kier molecular flexibility index (Phi) is 3.96. The molecule has 2 unspecified atom stereocenters. The number of carboxylic acids is 1. The Morgan fingerprint density at radius 1 is 1.39 bits per heavy atom. The number of benzene rings is 1. The van der Waals surface area contributed by atoms with Crippen LogP contribution in [0.2, 0.25) is 0 Å². The summed E-state index contributed by atoms with van der Waals surface area (Å²) < 4.78 is 0. The zero-order chi connectivity index (χ0) is 13.1. The van der Waals surface area contributed by atoms with Crippen LogP contribution in [0.5, 0.6) is 0 Å². The minimum Gasteiger partial charge on any atom is -0.478 e. The van der Waals surface area contributed by atoms with E-state index in [1.807, 2.05) is 11.0 Å². The fourth-order valence-electron chi connectivity index (χ4n) is 2.31. The molecule has 0 spiro atoms. The van der Waals surface area contributed by atoms with Gasteiger partial charge in [0.1, 0.15) is 0 Å². The Morgan fingerprint density at radius 2 is 2.17 bits per heavy atom. The van der Waals surface area contributed by atoms with Crippen molar-refractivity contribution in [3.05, 3.63) is 35.4 Å². The molecule has 0 amide bonds. The third-order valence-corrected chi connectivity index (χ3v) is 3.30. The smallest absolute Gasteiger partial charge is 0.335 e. The first-order valence-corrected chi connectivity index (χ1v) is 5.93.